The van der Waals surface area contributed by atoms with Gasteiger partial charge in [0.1, 0.15) is 0 Å². The molecule has 4 rings (SSSR count). The van der Waals surface area contributed by atoms with E-state index in [-0.39, 0.29) is 23.3 Å². The van der Waals surface area contributed by atoms with Crippen LogP contribution in [0.5, 0.6) is 0 Å². The first kappa shape index (κ1) is 19.3. The highest BCUT2D eigenvalue weighted by Crippen LogP contribution is 2.16. The summed E-state index contributed by atoms with van der Waals surface area (Å²) >= 11 is 0. The van der Waals surface area contributed by atoms with Crippen LogP contribution < -0.4 is 5.32 Å². The van der Waals surface area contributed by atoms with E-state index in [2.05, 4.69) is 15.3 Å². The fraction of sp³-hybridized carbons (Fsp3) is 0.130. The number of pyridine rings is 2. The van der Waals surface area contributed by atoms with E-state index in [0.717, 1.165) is 11.1 Å². The molecule has 2 amide bonds. The summed E-state index contributed by atoms with van der Waals surface area (Å²) in [7, 11) is 1.73. The number of hydrogen-bond donors (Lipinski definition) is 1. The molecule has 1 N–H and O–H groups in total. The third kappa shape index (κ3) is 4.05. The molecule has 7 heteroatoms. The lowest BCUT2D eigenvalue weighted by molar-refractivity contribution is 0.0782. The van der Waals surface area contributed by atoms with Crippen LogP contribution in [0.15, 0.2) is 79.3 Å². The summed E-state index contributed by atoms with van der Waals surface area (Å²) in [6.07, 6.45) is 5.10. The molecule has 0 radical (unpaired) electrons. The summed E-state index contributed by atoms with van der Waals surface area (Å²) in [4.78, 5) is 35.9. The maximum atomic E-state index is 13.1. The molecule has 0 aliphatic carbocycles. The van der Waals surface area contributed by atoms with Crippen LogP contribution in [0.2, 0.25) is 0 Å². The molecule has 0 fully saturated rings. The lowest BCUT2D eigenvalue weighted by Crippen LogP contribution is -2.27. The largest absolute Gasteiger partial charge is 0.345 e. The zero-order valence-corrected chi connectivity index (χ0v) is 16.5. The quantitative estimate of drug-likeness (QED) is 0.541. The second-order valence-electron chi connectivity index (χ2n) is 6.93. The van der Waals surface area contributed by atoms with Gasteiger partial charge in [-0.3, -0.25) is 19.0 Å². The first-order valence-electron chi connectivity index (χ1n) is 9.57. The van der Waals surface area contributed by atoms with E-state index in [0.29, 0.717) is 18.6 Å². The van der Waals surface area contributed by atoms with Crippen LogP contribution in [-0.4, -0.2) is 38.1 Å². The summed E-state index contributed by atoms with van der Waals surface area (Å²) in [5, 5.41) is 2.84. The zero-order valence-electron chi connectivity index (χ0n) is 16.5. The maximum absolute atomic E-state index is 13.1. The van der Waals surface area contributed by atoms with Gasteiger partial charge in [0.05, 0.1) is 5.52 Å². The third-order valence-electron chi connectivity index (χ3n) is 4.74. The predicted molar refractivity (Wildman–Crippen MR) is 113 cm³/mol. The highest BCUT2D eigenvalue weighted by atomic mass is 16.2. The smallest absolute Gasteiger partial charge is 0.287 e. The fourth-order valence-electron chi connectivity index (χ4n) is 3.23. The molecule has 7 nitrogen and oxygen atoms in total. The van der Waals surface area contributed by atoms with Gasteiger partial charge in [0.2, 0.25) is 5.82 Å². The monoisotopic (exact) mass is 399 g/mol. The van der Waals surface area contributed by atoms with Gasteiger partial charge in [-0.05, 0) is 29.3 Å². The van der Waals surface area contributed by atoms with E-state index in [1.54, 1.807) is 47.1 Å². The van der Waals surface area contributed by atoms with Crippen molar-refractivity contribution in [3.8, 4) is 0 Å². The molecule has 0 aliphatic heterocycles. The summed E-state index contributed by atoms with van der Waals surface area (Å²) in [5.74, 6) is -0.426. The maximum Gasteiger partial charge on any atom is 0.287 e. The van der Waals surface area contributed by atoms with Crippen molar-refractivity contribution in [1.82, 2.24) is 24.6 Å². The lowest BCUT2D eigenvalue weighted by atomic mass is 10.2. The van der Waals surface area contributed by atoms with Crippen molar-refractivity contribution in [2.45, 2.75) is 13.1 Å². The Morgan fingerprint density at radius 2 is 1.77 bits per heavy atom. The van der Waals surface area contributed by atoms with E-state index in [9.17, 15) is 9.59 Å². The molecule has 1 aromatic carbocycles. The van der Waals surface area contributed by atoms with Crippen molar-refractivity contribution >= 4 is 17.3 Å². The number of nitrogens with zero attached hydrogens (tertiary/aromatic N) is 4. The molecule has 0 atom stereocenters. The Balaban J connectivity index is 1.58. The van der Waals surface area contributed by atoms with Crippen LogP contribution in [0.1, 0.15) is 32.2 Å². The van der Waals surface area contributed by atoms with Gasteiger partial charge in [0, 0.05) is 38.7 Å². The Kier molecular flexibility index (Phi) is 5.52. The molecule has 0 saturated heterocycles. The number of nitrogens with one attached hydrogen (secondary N) is 1. The minimum Gasteiger partial charge on any atom is -0.345 e. The van der Waals surface area contributed by atoms with Crippen molar-refractivity contribution in [3.05, 3.63) is 102 Å². The number of fused-ring (bicyclic) bond motifs is 1. The molecule has 3 heterocycles. The molecule has 0 spiro atoms. The SMILES string of the molecule is CN(Cc1ccccc1)C(=O)c1nc(C(=O)NCc2cccnc2)n2ccccc12. The number of carbonyl (C=O) groups excluding carboxylic acids is 2. The molecule has 4 aromatic rings. The minimum atomic E-state index is -0.357. The molecular formula is C23H21N5O2. The van der Waals surface area contributed by atoms with Crippen molar-refractivity contribution in [2.75, 3.05) is 7.05 Å². The Morgan fingerprint density at radius 3 is 2.53 bits per heavy atom. The normalized spacial score (nSPS) is 10.7. The van der Waals surface area contributed by atoms with Crippen LogP contribution in [0.25, 0.3) is 5.52 Å². The fourth-order valence-corrected chi connectivity index (χ4v) is 3.23. The van der Waals surface area contributed by atoms with Crippen LogP contribution >= 0.6 is 0 Å². The van der Waals surface area contributed by atoms with Crippen molar-refractivity contribution in [1.29, 1.82) is 0 Å². The van der Waals surface area contributed by atoms with E-state index in [1.807, 2.05) is 48.5 Å². The molecule has 0 saturated carbocycles. The first-order valence-corrected chi connectivity index (χ1v) is 9.57. The average Bonchev–Trinajstić information content (AvgIpc) is 3.18. The van der Waals surface area contributed by atoms with Gasteiger partial charge in [-0.25, -0.2) is 4.98 Å². The van der Waals surface area contributed by atoms with E-state index >= 15 is 0 Å². The standard InChI is InChI=1S/C23H21N5O2/c1-27(16-17-8-3-2-4-9-17)23(30)20-19-11-5-6-13-28(19)21(26-20)22(29)25-15-18-10-7-12-24-14-18/h2-14H,15-16H2,1H3,(H,25,29). The summed E-state index contributed by atoms with van der Waals surface area (Å²) < 4.78 is 1.64. The topological polar surface area (TPSA) is 79.6 Å². The van der Waals surface area contributed by atoms with E-state index < -0.39 is 0 Å². The number of benzene rings is 1. The van der Waals surface area contributed by atoms with Crippen molar-refractivity contribution < 1.29 is 9.59 Å². The second kappa shape index (κ2) is 8.57. The lowest BCUT2D eigenvalue weighted by Gasteiger charge is -2.16. The van der Waals surface area contributed by atoms with Crippen molar-refractivity contribution in [3.63, 3.8) is 0 Å². The molecular weight excluding hydrogens is 378 g/mol. The molecule has 150 valence electrons. The Hall–Kier alpha value is -4.00. The van der Waals surface area contributed by atoms with Gasteiger partial charge in [0.15, 0.2) is 5.69 Å². The number of aromatic nitrogens is 3. The van der Waals surface area contributed by atoms with Gasteiger partial charge < -0.3 is 10.2 Å². The van der Waals surface area contributed by atoms with E-state index in [4.69, 9.17) is 0 Å². The van der Waals surface area contributed by atoms with Crippen molar-refractivity contribution in [2.24, 2.45) is 0 Å². The summed E-state index contributed by atoms with van der Waals surface area (Å²) in [6, 6.07) is 18.8. The number of rotatable bonds is 6. The van der Waals surface area contributed by atoms with Crippen LogP contribution in [0.3, 0.4) is 0 Å². The second-order valence-corrected chi connectivity index (χ2v) is 6.93. The molecule has 30 heavy (non-hydrogen) atoms. The van der Waals surface area contributed by atoms with Gasteiger partial charge >= 0.3 is 0 Å². The number of carbonyl (C=O) groups is 2. The van der Waals surface area contributed by atoms with Gasteiger partial charge in [-0.1, -0.05) is 42.5 Å². The molecule has 3 aromatic heterocycles. The van der Waals surface area contributed by atoms with Gasteiger partial charge in [-0.2, -0.15) is 0 Å². The number of hydrogen-bond acceptors (Lipinski definition) is 4. The van der Waals surface area contributed by atoms with Crippen LogP contribution in [0, 0.1) is 0 Å². The number of imidazole rings is 1. The van der Waals surface area contributed by atoms with Gasteiger partial charge in [0.25, 0.3) is 11.8 Å². The highest BCUT2D eigenvalue weighted by Gasteiger charge is 2.23. The number of amides is 2. The molecule has 0 unspecified atom stereocenters. The molecule has 0 bridgehead atoms. The van der Waals surface area contributed by atoms with E-state index in [1.165, 1.54) is 0 Å². The average molecular weight is 399 g/mol. The molecule has 0 aliphatic rings. The van der Waals surface area contributed by atoms with Crippen LogP contribution in [-0.2, 0) is 13.1 Å². The van der Waals surface area contributed by atoms with Crippen LogP contribution in [0.4, 0.5) is 0 Å². The summed E-state index contributed by atoms with van der Waals surface area (Å²) in [5.41, 5.74) is 2.74. The third-order valence-corrected chi connectivity index (χ3v) is 4.74. The predicted octanol–water partition coefficient (Wildman–Crippen LogP) is 2.93. The minimum absolute atomic E-state index is 0.172. The highest BCUT2D eigenvalue weighted by molar-refractivity contribution is 6.02. The Morgan fingerprint density at radius 1 is 1.00 bits per heavy atom. The first-order chi connectivity index (χ1) is 14.6. The Labute approximate surface area is 174 Å². The zero-order chi connectivity index (χ0) is 20.9. The summed E-state index contributed by atoms with van der Waals surface area (Å²) in [6.45, 7) is 0.777. The Bertz CT molecular complexity index is 1170. The van der Waals surface area contributed by atoms with Gasteiger partial charge in [-0.15, -0.1) is 0 Å².